The largest absolute Gasteiger partial charge is 0.465 e. The number of hydrogen-bond acceptors (Lipinski definition) is 5. The minimum absolute atomic E-state index is 0.0113. The van der Waals surface area contributed by atoms with Crippen LogP contribution in [-0.2, 0) is 14.8 Å². The Hall–Kier alpha value is -1.15. The summed E-state index contributed by atoms with van der Waals surface area (Å²) in [6.07, 6.45) is 1.72. The molecule has 1 unspecified atom stereocenters. The first-order valence-corrected chi connectivity index (χ1v) is 8.76. The van der Waals surface area contributed by atoms with E-state index < -0.39 is 16.0 Å². The molecule has 122 valence electrons. The Bertz CT molecular complexity index is 663. The number of esters is 1. The van der Waals surface area contributed by atoms with Crippen molar-refractivity contribution in [2.45, 2.75) is 23.8 Å². The van der Waals surface area contributed by atoms with Crippen molar-refractivity contribution in [3.8, 4) is 0 Å². The summed E-state index contributed by atoms with van der Waals surface area (Å²) in [5.74, 6) is -0.620. The predicted molar refractivity (Wildman–Crippen MR) is 83.6 cm³/mol. The van der Waals surface area contributed by atoms with Gasteiger partial charge in [0, 0.05) is 24.2 Å². The van der Waals surface area contributed by atoms with Gasteiger partial charge in [-0.15, -0.1) is 0 Å². The lowest BCUT2D eigenvalue weighted by atomic mass is 10.1. The lowest BCUT2D eigenvalue weighted by Gasteiger charge is -2.31. The molecule has 0 radical (unpaired) electrons. The maximum absolute atomic E-state index is 12.8. The first kappa shape index (κ1) is 17.2. The summed E-state index contributed by atoms with van der Waals surface area (Å²) in [5, 5.41) is 3.29. The summed E-state index contributed by atoms with van der Waals surface area (Å²) < 4.78 is 31.5. The van der Waals surface area contributed by atoms with Crippen molar-refractivity contribution in [3.63, 3.8) is 0 Å². The highest BCUT2D eigenvalue weighted by Gasteiger charge is 2.30. The molecule has 6 nitrogen and oxygen atoms in total. The zero-order valence-corrected chi connectivity index (χ0v) is 14.1. The van der Waals surface area contributed by atoms with E-state index in [0.717, 1.165) is 12.8 Å². The lowest BCUT2D eigenvalue weighted by molar-refractivity contribution is 0.0600. The molecule has 1 aromatic rings. The molecule has 0 aromatic heterocycles. The maximum atomic E-state index is 12.8. The SMILES string of the molecule is CNC1CCCN(S(=O)(=O)c2cc(Cl)cc(C(=O)OC)c2)C1. The van der Waals surface area contributed by atoms with Crippen molar-refractivity contribution in [2.24, 2.45) is 0 Å². The third-order valence-corrected chi connectivity index (χ3v) is 5.78. The lowest BCUT2D eigenvalue weighted by Crippen LogP contribution is -2.46. The highest BCUT2D eigenvalue weighted by molar-refractivity contribution is 7.89. The van der Waals surface area contributed by atoms with Crippen molar-refractivity contribution < 1.29 is 17.9 Å². The van der Waals surface area contributed by atoms with Crippen LogP contribution in [0.3, 0.4) is 0 Å². The summed E-state index contributed by atoms with van der Waals surface area (Å²) in [4.78, 5) is 11.6. The van der Waals surface area contributed by atoms with Gasteiger partial charge in [0.05, 0.1) is 17.6 Å². The van der Waals surface area contributed by atoms with Crippen molar-refractivity contribution in [1.29, 1.82) is 0 Å². The fourth-order valence-electron chi connectivity index (χ4n) is 2.49. The highest BCUT2D eigenvalue weighted by Crippen LogP contribution is 2.25. The molecule has 0 spiro atoms. The van der Waals surface area contributed by atoms with Gasteiger partial charge in [-0.3, -0.25) is 0 Å². The fourth-order valence-corrected chi connectivity index (χ4v) is 4.39. The number of halogens is 1. The van der Waals surface area contributed by atoms with Gasteiger partial charge in [-0.2, -0.15) is 4.31 Å². The number of nitrogens with zero attached hydrogens (tertiary/aromatic N) is 1. The number of hydrogen-bond donors (Lipinski definition) is 1. The van der Waals surface area contributed by atoms with Crippen molar-refractivity contribution in [2.75, 3.05) is 27.2 Å². The normalized spacial score (nSPS) is 19.9. The highest BCUT2D eigenvalue weighted by atomic mass is 35.5. The van der Waals surface area contributed by atoms with Crippen LogP contribution < -0.4 is 5.32 Å². The van der Waals surface area contributed by atoms with E-state index in [1.807, 2.05) is 7.05 Å². The number of ether oxygens (including phenoxy) is 1. The third kappa shape index (κ3) is 3.60. The van der Waals surface area contributed by atoms with Gasteiger partial charge in [-0.1, -0.05) is 11.6 Å². The maximum Gasteiger partial charge on any atom is 0.337 e. The molecule has 1 heterocycles. The van der Waals surface area contributed by atoms with Crippen LogP contribution in [0.15, 0.2) is 23.1 Å². The second-order valence-corrected chi connectivity index (χ2v) is 7.53. The van der Waals surface area contributed by atoms with E-state index in [1.165, 1.54) is 29.6 Å². The molecule has 1 aromatic carbocycles. The first-order valence-electron chi connectivity index (χ1n) is 6.95. The molecule has 22 heavy (non-hydrogen) atoms. The number of piperidine rings is 1. The van der Waals surface area contributed by atoms with E-state index in [1.54, 1.807) is 0 Å². The smallest absolute Gasteiger partial charge is 0.337 e. The van der Waals surface area contributed by atoms with Crippen LogP contribution in [0.4, 0.5) is 0 Å². The summed E-state index contributed by atoms with van der Waals surface area (Å²) >= 11 is 5.95. The second kappa shape index (κ2) is 6.95. The molecule has 1 aliphatic rings. The standard InChI is InChI=1S/C14H19ClN2O4S/c1-16-12-4-3-5-17(9-12)22(19,20)13-7-10(14(18)21-2)6-11(15)8-13/h6-8,12,16H,3-5,9H2,1-2H3. The topological polar surface area (TPSA) is 75.7 Å². The van der Waals surface area contributed by atoms with Crippen molar-refractivity contribution in [1.82, 2.24) is 9.62 Å². The Morgan fingerprint density at radius 2 is 2.14 bits per heavy atom. The van der Waals surface area contributed by atoms with Gasteiger partial charge in [0.15, 0.2) is 0 Å². The molecular weight excluding hydrogens is 328 g/mol. The van der Waals surface area contributed by atoms with Gasteiger partial charge in [0.2, 0.25) is 10.0 Å². The summed E-state index contributed by atoms with van der Waals surface area (Å²) in [6.45, 7) is 0.861. The molecular formula is C14H19ClN2O4S. The van der Waals surface area contributed by atoms with E-state index in [2.05, 4.69) is 10.1 Å². The Morgan fingerprint density at radius 3 is 2.77 bits per heavy atom. The number of rotatable bonds is 4. The molecule has 1 N–H and O–H groups in total. The summed E-state index contributed by atoms with van der Waals surface area (Å²) in [6, 6.07) is 4.17. The Morgan fingerprint density at radius 1 is 1.41 bits per heavy atom. The summed E-state index contributed by atoms with van der Waals surface area (Å²) in [7, 11) is -0.640. The van der Waals surface area contributed by atoms with Gasteiger partial charge in [0.25, 0.3) is 0 Å². The van der Waals surface area contributed by atoms with E-state index in [9.17, 15) is 13.2 Å². The third-order valence-electron chi connectivity index (χ3n) is 3.72. The average molecular weight is 347 g/mol. The summed E-state index contributed by atoms with van der Waals surface area (Å²) in [5.41, 5.74) is 0.121. The second-order valence-electron chi connectivity index (χ2n) is 5.16. The van der Waals surface area contributed by atoms with Gasteiger partial charge in [-0.25, -0.2) is 13.2 Å². The van der Waals surface area contributed by atoms with Crippen molar-refractivity contribution >= 4 is 27.6 Å². The zero-order valence-electron chi connectivity index (χ0n) is 12.5. The van der Waals surface area contributed by atoms with Crippen LogP contribution in [0.5, 0.6) is 0 Å². The molecule has 2 rings (SSSR count). The van der Waals surface area contributed by atoms with E-state index in [0.29, 0.717) is 13.1 Å². The van der Waals surface area contributed by atoms with E-state index in [-0.39, 0.29) is 21.5 Å². The predicted octanol–water partition coefficient (Wildman–Crippen LogP) is 1.50. The average Bonchev–Trinajstić information content (AvgIpc) is 2.53. The molecule has 0 saturated carbocycles. The monoisotopic (exact) mass is 346 g/mol. The van der Waals surface area contributed by atoms with Crippen LogP contribution in [0.25, 0.3) is 0 Å². The number of benzene rings is 1. The number of carbonyl (C=O) groups excluding carboxylic acids is 1. The Labute approximate surface area is 135 Å². The minimum atomic E-state index is -3.69. The number of methoxy groups -OCH3 is 1. The van der Waals surface area contributed by atoms with Gasteiger partial charge < -0.3 is 10.1 Å². The molecule has 1 atom stereocenters. The van der Waals surface area contributed by atoms with E-state index in [4.69, 9.17) is 11.6 Å². The molecule has 1 saturated heterocycles. The van der Waals surface area contributed by atoms with Crippen LogP contribution in [0.1, 0.15) is 23.2 Å². The molecule has 1 fully saturated rings. The first-order chi connectivity index (χ1) is 10.4. The molecule has 0 bridgehead atoms. The quantitative estimate of drug-likeness (QED) is 0.836. The number of nitrogens with one attached hydrogen (secondary N) is 1. The Kier molecular flexibility index (Phi) is 5.44. The van der Waals surface area contributed by atoms with Crippen LogP contribution in [0.2, 0.25) is 5.02 Å². The van der Waals surface area contributed by atoms with Gasteiger partial charge in [-0.05, 0) is 38.1 Å². The van der Waals surface area contributed by atoms with Crippen LogP contribution >= 0.6 is 11.6 Å². The van der Waals surface area contributed by atoms with Gasteiger partial charge >= 0.3 is 5.97 Å². The van der Waals surface area contributed by atoms with Gasteiger partial charge in [0.1, 0.15) is 0 Å². The zero-order chi connectivity index (χ0) is 16.3. The Balaban J connectivity index is 2.36. The molecule has 8 heteroatoms. The number of sulfonamides is 1. The van der Waals surface area contributed by atoms with Crippen LogP contribution in [0, 0.1) is 0 Å². The number of carbonyl (C=O) groups is 1. The fraction of sp³-hybridized carbons (Fsp3) is 0.500. The molecule has 0 aliphatic carbocycles. The van der Waals surface area contributed by atoms with E-state index >= 15 is 0 Å². The number of likely N-dealkylation sites (N-methyl/N-ethyl adjacent to an activating group) is 1. The van der Waals surface area contributed by atoms with Crippen molar-refractivity contribution in [3.05, 3.63) is 28.8 Å². The minimum Gasteiger partial charge on any atom is -0.465 e. The molecule has 0 amide bonds. The van der Waals surface area contributed by atoms with Crippen LogP contribution in [-0.4, -0.2) is 52.0 Å². The molecule has 1 aliphatic heterocycles.